The van der Waals surface area contributed by atoms with Gasteiger partial charge in [0.1, 0.15) is 0 Å². The molecular weight excluding hydrogens is 229 g/mol. The third kappa shape index (κ3) is 2.15. The van der Waals surface area contributed by atoms with Crippen molar-refractivity contribution in [3.8, 4) is 5.75 Å². The number of nitrogens with one attached hydrogen (secondary N) is 1. The summed E-state index contributed by atoms with van der Waals surface area (Å²) < 4.78 is 13.4. The summed E-state index contributed by atoms with van der Waals surface area (Å²) in [6.07, 6.45) is 1.68. The molecule has 1 atom stereocenters. The molecule has 4 heteroatoms. The highest BCUT2D eigenvalue weighted by Gasteiger charge is 2.21. The molecule has 0 saturated carbocycles. The fourth-order valence-corrected chi connectivity index (χ4v) is 2.39. The lowest BCUT2D eigenvalue weighted by Gasteiger charge is -2.13. The van der Waals surface area contributed by atoms with Crippen molar-refractivity contribution in [2.24, 2.45) is 5.92 Å². The highest BCUT2D eigenvalue weighted by molar-refractivity contribution is 6.32. The Morgan fingerprint density at radius 3 is 3.00 bits per heavy atom. The van der Waals surface area contributed by atoms with Gasteiger partial charge in [0.2, 0.25) is 0 Å². The van der Waals surface area contributed by atoms with Crippen molar-refractivity contribution in [2.45, 2.75) is 19.8 Å². The molecule has 2 rings (SSSR count). The topological polar surface area (TPSA) is 32.3 Å². The molecule has 1 aliphatic rings. The van der Waals surface area contributed by atoms with Gasteiger partial charge in [-0.3, -0.25) is 0 Å². The molecule has 88 valence electrons. The van der Waals surface area contributed by atoms with Crippen LogP contribution < -0.4 is 5.32 Å². The van der Waals surface area contributed by atoms with Crippen LogP contribution in [0.2, 0.25) is 5.02 Å². The maximum absolute atomic E-state index is 13.4. The first-order valence-electron chi connectivity index (χ1n) is 5.46. The SMILES string of the molecule is Cc1cc(F)c(O)c(CC2CCNC2)c1Cl. The van der Waals surface area contributed by atoms with Gasteiger partial charge in [-0.25, -0.2) is 4.39 Å². The number of hydrogen-bond donors (Lipinski definition) is 2. The summed E-state index contributed by atoms with van der Waals surface area (Å²) >= 11 is 6.10. The zero-order chi connectivity index (χ0) is 11.7. The molecule has 0 amide bonds. The molecule has 1 fully saturated rings. The van der Waals surface area contributed by atoms with E-state index in [0.717, 1.165) is 19.5 Å². The lowest BCUT2D eigenvalue weighted by atomic mass is 9.96. The smallest absolute Gasteiger partial charge is 0.165 e. The number of benzene rings is 1. The number of halogens is 2. The number of phenolic OH excluding ortho intramolecular Hbond substituents is 1. The molecule has 1 heterocycles. The normalized spacial score (nSPS) is 20.3. The molecule has 0 aromatic heterocycles. The van der Waals surface area contributed by atoms with Crippen LogP contribution >= 0.6 is 11.6 Å². The summed E-state index contributed by atoms with van der Waals surface area (Å²) in [6, 6.07) is 1.27. The Hall–Kier alpha value is -0.800. The van der Waals surface area contributed by atoms with Crippen molar-refractivity contribution in [1.29, 1.82) is 0 Å². The highest BCUT2D eigenvalue weighted by atomic mass is 35.5. The minimum absolute atomic E-state index is 0.289. The molecule has 1 aromatic carbocycles. The number of rotatable bonds is 2. The molecule has 0 aliphatic carbocycles. The summed E-state index contributed by atoms with van der Waals surface area (Å²) in [4.78, 5) is 0. The summed E-state index contributed by atoms with van der Waals surface area (Å²) in [5.74, 6) is -0.435. The predicted molar refractivity (Wildman–Crippen MR) is 62.5 cm³/mol. The fourth-order valence-electron chi connectivity index (χ4n) is 2.17. The second-order valence-electron chi connectivity index (χ2n) is 4.38. The Labute approximate surface area is 99.4 Å². The van der Waals surface area contributed by atoms with Gasteiger partial charge in [-0.1, -0.05) is 11.6 Å². The van der Waals surface area contributed by atoms with Gasteiger partial charge >= 0.3 is 0 Å². The summed E-state index contributed by atoms with van der Waals surface area (Å²) in [5, 5.41) is 13.4. The number of aryl methyl sites for hydroxylation is 1. The maximum atomic E-state index is 13.4. The van der Waals surface area contributed by atoms with Crippen LogP contribution in [-0.2, 0) is 6.42 Å². The molecule has 16 heavy (non-hydrogen) atoms. The Morgan fingerprint density at radius 1 is 1.62 bits per heavy atom. The van der Waals surface area contributed by atoms with E-state index in [-0.39, 0.29) is 5.75 Å². The number of hydrogen-bond acceptors (Lipinski definition) is 2. The zero-order valence-corrected chi connectivity index (χ0v) is 9.94. The van der Waals surface area contributed by atoms with Gasteiger partial charge in [0.25, 0.3) is 0 Å². The molecular formula is C12H15ClFNO. The van der Waals surface area contributed by atoms with E-state index < -0.39 is 5.82 Å². The molecule has 2 nitrogen and oxygen atoms in total. The average Bonchev–Trinajstić information content (AvgIpc) is 2.74. The lowest BCUT2D eigenvalue weighted by Crippen LogP contribution is -2.11. The van der Waals surface area contributed by atoms with Crippen LogP contribution in [0.3, 0.4) is 0 Å². The predicted octanol–water partition coefficient (Wildman–Crippen LogP) is 2.65. The van der Waals surface area contributed by atoms with Crippen molar-refractivity contribution < 1.29 is 9.50 Å². The Morgan fingerprint density at radius 2 is 2.38 bits per heavy atom. The largest absolute Gasteiger partial charge is 0.505 e. The van der Waals surface area contributed by atoms with Crippen LogP contribution in [0, 0.1) is 18.7 Å². The molecule has 1 aliphatic heterocycles. The van der Waals surface area contributed by atoms with Crippen LogP contribution in [0.15, 0.2) is 6.07 Å². The van der Waals surface area contributed by atoms with Crippen LogP contribution in [-0.4, -0.2) is 18.2 Å². The summed E-state index contributed by atoms with van der Waals surface area (Å²) in [6.45, 7) is 3.64. The fraction of sp³-hybridized carbons (Fsp3) is 0.500. The van der Waals surface area contributed by atoms with Gasteiger partial charge in [0.15, 0.2) is 11.6 Å². The maximum Gasteiger partial charge on any atom is 0.165 e. The minimum Gasteiger partial charge on any atom is -0.505 e. The second-order valence-corrected chi connectivity index (χ2v) is 4.76. The Bertz CT molecular complexity index is 376. The van der Waals surface area contributed by atoms with E-state index in [1.807, 2.05) is 0 Å². The quantitative estimate of drug-likeness (QED) is 0.837. The standard InChI is InChI=1S/C12H15ClFNO/c1-7-4-10(14)12(16)9(11(7)13)5-8-2-3-15-6-8/h4,8,15-16H,2-3,5-6H2,1H3. The van der Waals surface area contributed by atoms with Gasteiger partial charge < -0.3 is 10.4 Å². The molecule has 0 radical (unpaired) electrons. The van der Waals surface area contributed by atoms with Crippen LogP contribution in [0.5, 0.6) is 5.75 Å². The van der Waals surface area contributed by atoms with Crippen molar-refractivity contribution >= 4 is 11.6 Å². The zero-order valence-electron chi connectivity index (χ0n) is 9.19. The summed E-state index contributed by atoms with van der Waals surface area (Å²) in [5.41, 5.74) is 1.23. The molecule has 2 N–H and O–H groups in total. The van der Waals surface area contributed by atoms with Crippen LogP contribution in [0.4, 0.5) is 4.39 Å². The van der Waals surface area contributed by atoms with Gasteiger partial charge in [-0.05, 0) is 50.4 Å². The van der Waals surface area contributed by atoms with E-state index in [1.165, 1.54) is 6.07 Å². The van der Waals surface area contributed by atoms with E-state index in [9.17, 15) is 9.50 Å². The Balaban J connectivity index is 2.31. The lowest BCUT2D eigenvalue weighted by molar-refractivity contribution is 0.419. The van der Waals surface area contributed by atoms with Crippen LogP contribution in [0.1, 0.15) is 17.5 Å². The Kier molecular flexibility index (Phi) is 3.36. The van der Waals surface area contributed by atoms with E-state index in [0.29, 0.717) is 28.5 Å². The van der Waals surface area contributed by atoms with E-state index in [2.05, 4.69) is 5.32 Å². The van der Waals surface area contributed by atoms with Gasteiger partial charge in [0.05, 0.1) is 5.02 Å². The van der Waals surface area contributed by atoms with E-state index >= 15 is 0 Å². The first-order valence-corrected chi connectivity index (χ1v) is 5.84. The molecule has 1 aromatic rings. The first kappa shape index (κ1) is 11.7. The summed E-state index contributed by atoms with van der Waals surface area (Å²) in [7, 11) is 0. The van der Waals surface area contributed by atoms with Crippen LogP contribution in [0.25, 0.3) is 0 Å². The van der Waals surface area contributed by atoms with Crippen molar-refractivity contribution in [1.82, 2.24) is 5.32 Å². The second kappa shape index (κ2) is 4.60. The minimum atomic E-state index is -0.581. The average molecular weight is 244 g/mol. The molecule has 0 bridgehead atoms. The van der Waals surface area contributed by atoms with E-state index in [1.54, 1.807) is 6.92 Å². The van der Waals surface area contributed by atoms with Crippen molar-refractivity contribution in [3.63, 3.8) is 0 Å². The van der Waals surface area contributed by atoms with Gasteiger partial charge in [-0.15, -0.1) is 0 Å². The first-order chi connectivity index (χ1) is 7.59. The molecule has 1 saturated heterocycles. The van der Waals surface area contributed by atoms with Crippen molar-refractivity contribution in [2.75, 3.05) is 13.1 Å². The monoisotopic (exact) mass is 243 g/mol. The third-order valence-corrected chi connectivity index (χ3v) is 3.65. The molecule has 0 spiro atoms. The number of aromatic hydroxyl groups is 1. The van der Waals surface area contributed by atoms with Gasteiger partial charge in [0, 0.05) is 5.56 Å². The molecule has 1 unspecified atom stereocenters. The van der Waals surface area contributed by atoms with E-state index in [4.69, 9.17) is 11.6 Å². The van der Waals surface area contributed by atoms with Crippen molar-refractivity contribution in [3.05, 3.63) is 28.0 Å². The highest BCUT2D eigenvalue weighted by Crippen LogP contribution is 2.34. The third-order valence-electron chi connectivity index (χ3n) is 3.12. The number of phenols is 1. The van der Waals surface area contributed by atoms with Gasteiger partial charge in [-0.2, -0.15) is 0 Å².